The van der Waals surface area contributed by atoms with Crippen LogP contribution >= 0.6 is 0 Å². The van der Waals surface area contributed by atoms with Crippen molar-refractivity contribution in [2.75, 3.05) is 23.9 Å². The molecule has 0 atom stereocenters. The van der Waals surface area contributed by atoms with Gasteiger partial charge in [-0.05, 0) is 25.0 Å². The third kappa shape index (κ3) is 3.06. The summed E-state index contributed by atoms with van der Waals surface area (Å²) in [5.41, 5.74) is 0.615. The fourth-order valence-electron chi connectivity index (χ4n) is 2.18. The zero-order valence-corrected chi connectivity index (χ0v) is 11.5. The van der Waals surface area contributed by atoms with Gasteiger partial charge in [-0.2, -0.15) is 18.0 Å². The lowest BCUT2D eigenvalue weighted by atomic mass is 10.3. The van der Waals surface area contributed by atoms with Crippen LogP contribution in [0.4, 0.5) is 5.69 Å². The third-order valence-electron chi connectivity index (χ3n) is 3.14. The topological polar surface area (TPSA) is 64.4 Å². The van der Waals surface area contributed by atoms with Crippen LogP contribution in [-0.2, 0) is 10.2 Å². The van der Waals surface area contributed by atoms with E-state index in [-0.39, 0.29) is 13.0 Å². The van der Waals surface area contributed by atoms with Crippen molar-refractivity contribution in [3.8, 4) is 6.07 Å². The summed E-state index contributed by atoms with van der Waals surface area (Å²) < 4.78 is 28.0. The SMILES string of the molecule is N#CCCN(c1ccccc1)S(=O)(=O)N1CCCC1. The zero-order valence-electron chi connectivity index (χ0n) is 10.7. The number of para-hydroxylation sites is 1. The summed E-state index contributed by atoms with van der Waals surface area (Å²) in [4.78, 5) is 0. The Labute approximate surface area is 114 Å². The molecule has 0 amide bonds. The molecule has 1 aliphatic rings. The highest BCUT2D eigenvalue weighted by Gasteiger charge is 2.31. The summed E-state index contributed by atoms with van der Waals surface area (Å²) in [6.07, 6.45) is 1.99. The third-order valence-corrected chi connectivity index (χ3v) is 5.11. The summed E-state index contributed by atoms with van der Waals surface area (Å²) in [5, 5.41) is 8.71. The maximum atomic E-state index is 12.6. The Balaban J connectivity index is 2.29. The average Bonchev–Trinajstić information content (AvgIpc) is 2.95. The van der Waals surface area contributed by atoms with Crippen molar-refractivity contribution in [3.63, 3.8) is 0 Å². The van der Waals surface area contributed by atoms with Crippen LogP contribution in [0.15, 0.2) is 30.3 Å². The van der Waals surface area contributed by atoms with Gasteiger partial charge in [-0.15, -0.1) is 0 Å². The van der Waals surface area contributed by atoms with Crippen LogP contribution in [0.1, 0.15) is 19.3 Å². The molecule has 1 aliphatic heterocycles. The molecule has 0 spiro atoms. The van der Waals surface area contributed by atoms with E-state index in [0.29, 0.717) is 18.8 Å². The number of nitriles is 1. The van der Waals surface area contributed by atoms with E-state index in [0.717, 1.165) is 12.8 Å². The Kier molecular flexibility index (Phi) is 4.40. The minimum atomic E-state index is -3.51. The van der Waals surface area contributed by atoms with Gasteiger partial charge >= 0.3 is 10.2 Å². The van der Waals surface area contributed by atoms with Crippen molar-refractivity contribution >= 4 is 15.9 Å². The highest BCUT2D eigenvalue weighted by atomic mass is 32.2. The number of nitrogens with zero attached hydrogens (tertiary/aromatic N) is 3. The molecule has 5 nitrogen and oxygen atoms in total. The van der Waals surface area contributed by atoms with E-state index >= 15 is 0 Å². The first-order valence-electron chi connectivity index (χ1n) is 6.36. The summed E-state index contributed by atoms with van der Waals surface area (Å²) in [5.74, 6) is 0. The molecule has 2 rings (SSSR count). The first-order valence-corrected chi connectivity index (χ1v) is 7.76. The molecule has 0 saturated carbocycles. The maximum Gasteiger partial charge on any atom is 0.304 e. The van der Waals surface area contributed by atoms with E-state index < -0.39 is 10.2 Å². The normalized spacial score (nSPS) is 16.2. The molecule has 1 fully saturated rings. The van der Waals surface area contributed by atoms with E-state index in [1.165, 1.54) is 8.61 Å². The molecule has 0 unspecified atom stereocenters. The van der Waals surface area contributed by atoms with Crippen LogP contribution in [0.2, 0.25) is 0 Å². The second kappa shape index (κ2) is 6.04. The molecule has 0 N–H and O–H groups in total. The molecule has 6 heteroatoms. The van der Waals surface area contributed by atoms with E-state index in [1.807, 2.05) is 12.1 Å². The number of hydrogen-bond donors (Lipinski definition) is 0. The van der Waals surface area contributed by atoms with Crippen molar-refractivity contribution in [1.29, 1.82) is 5.26 Å². The molecule has 1 aromatic carbocycles. The predicted octanol–water partition coefficient (Wildman–Crippen LogP) is 1.75. The Morgan fingerprint density at radius 3 is 2.42 bits per heavy atom. The number of anilines is 1. The first kappa shape index (κ1) is 13.8. The number of rotatable bonds is 5. The van der Waals surface area contributed by atoms with Crippen molar-refractivity contribution < 1.29 is 8.42 Å². The summed E-state index contributed by atoms with van der Waals surface area (Å²) in [6, 6.07) is 11.0. The van der Waals surface area contributed by atoms with Crippen LogP contribution in [0.25, 0.3) is 0 Å². The molecule has 1 heterocycles. The lowest BCUT2D eigenvalue weighted by molar-refractivity contribution is 0.473. The van der Waals surface area contributed by atoms with E-state index in [2.05, 4.69) is 0 Å². The Morgan fingerprint density at radius 1 is 1.21 bits per heavy atom. The molecular weight excluding hydrogens is 262 g/mol. The fraction of sp³-hybridized carbons (Fsp3) is 0.462. The smallest absolute Gasteiger partial charge is 0.257 e. The van der Waals surface area contributed by atoms with Gasteiger partial charge in [0.1, 0.15) is 0 Å². The molecule has 1 saturated heterocycles. The van der Waals surface area contributed by atoms with Gasteiger partial charge in [0, 0.05) is 19.6 Å². The maximum absolute atomic E-state index is 12.6. The fourth-order valence-corrected chi connectivity index (χ4v) is 3.89. The average molecular weight is 279 g/mol. The molecule has 0 aliphatic carbocycles. The second-order valence-corrected chi connectivity index (χ2v) is 6.28. The zero-order chi connectivity index (χ0) is 13.7. The Hall–Kier alpha value is -1.58. The van der Waals surface area contributed by atoms with Crippen LogP contribution < -0.4 is 4.31 Å². The number of benzene rings is 1. The summed E-state index contributed by atoms with van der Waals surface area (Å²) in [7, 11) is -3.51. The van der Waals surface area contributed by atoms with E-state index in [1.54, 1.807) is 24.3 Å². The molecule has 1 aromatic rings. The van der Waals surface area contributed by atoms with Gasteiger partial charge in [-0.25, -0.2) is 0 Å². The van der Waals surface area contributed by atoms with Gasteiger partial charge in [0.15, 0.2) is 0 Å². The lowest BCUT2D eigenvalue weighted by Gasteiger charge is -2.28. The van der Waals surface area contributed by atoms with Gasteiger partial charge in [0.25, 0.3) is 0 Å². The Morgan fingerprint density at radius 2 is 1.84 bits per heavy atom. The molecule has 19 heavy (non-hydrogen) atoms. The van der Waals surface area contributed by atoms with Crippen molar-refractivity contribution in [3.05, 3.63) is 30.3 Å². The molecule has 0 radical (unpaired) electrons. The largest absolute Gasteiger partial charge is 0.304 e. The minimum Gasteiger partial charge on any atom is -0.257 e. The molecular formula is C13H17N3O2S. The monoisotopic (exact) mass is 279 g/mol. The van der Waals surface area contributed by atoms with Crippen molar-refractivity contribution in [1.82, 2.24) is 4.31 Å². The highest BCUT2D eigenvalue weighted by Crippen LogP contribution is 2.23. The molecule has 0 aromatic heterocycles. The summed E-state index contributed by atoms with van der Waals surface area (Å²) >= 11 is 0. The van der Waals surface area contributed by atoms with Crippen LogP contribution in [0.3, 0.4) is 0 Å². The molecule has 0 bridgehead atoms. The second-order valence-electron chi connectivity index (χ2n) is 4.43. The van der Waals surface area contributed by atoms with Gasteiger partial charge < -0.3 is 0 Å². The van der Waals surface area contributed by atoms with Crippen LogP contribution in [-0.4, -0.2) is 32.4 Å². The Bertz CT molecular complexity index is 545. The lowest BCUT2D eigenvalue weighted by Crippen LogP contribution is -2.43. The summed E-state index contributed by atoms with van der Waals surface area (Å²) in [6.45, 7) is 1.33. The predicted molar refractivity (Wildman–Crippen MR) is 73.7 cm³/mol. The highest BCUT2D eigenvalue weighted by molar-refractivity contribution is 7.90. The van der Waals surface area contributed by atoms with E-state index in [4.69, 9.17) is 5.26 Å². The first-order chi connectivity index (χ1) is 9.16. The van der Waals surface area contributed by atoms with Crippen molar-refractivity contribution in [2.45, 2.75) is 19.3 Å². The quantitative estimate of drug-likeness (QED) is 0.824. The van der Waals surface area contributed by atoms with Gasteiger partial charge in [-0.3, -0.25) is 4.31 Å². The minimum absolute atomic E-state index is 0.183. The van der Waals surface area contributed by atoms with Crippen molar-refractivity contribution in [2.24, 2.45) is 0 Å². The van der Waals surface area contributed by atoms with Gasteiger partial charge in [-0.1, -0.05) is 18.2 Å². The van der Waals surface area contributed by atoms with Gasteiger partial charge in [0.05, 0.1) is 18.2 Å². The van der Waals surface area contributed by atoms with Crippen LogP contribution in [0, 0.1) is 11.3 Å². The standard InChI is InChI=1S/C13H17N3O2S/c14-9-6-12-16(13-7-2-1-3-8-13)19(17,18)15-10-4-5-11-15/h1-3,7-8H,4-6,10-12H2. The van der Waals surface area contributed by atoms with E-state index in [9.17, 15) is 8.42 Å². The van der Waals surface area contributed by atoms with Gasteiger partial charge in [0.2, 0.25) is 0 Å². The van der Waals surface area contributed by atoms with Crippen LogP contribution in [0.5, 0.6) is 0 Å². The number of hydrogen-bond acceptors (Lipinski definition) is 3. The molecule has 102 valence electrons.